The smallest absolute Gasteiger partial charge is 0.309 e. The van der Waals surface area contributed by atoms with Crippen molar-refractivity contribution in [3.63, 3.8) is 0 Å². The quantitative estimate of drug-likeness (QED) is 0.752. The van der Waals surface area contributed by atoms with Gasteiger partial charge < -0.3 is 15.1 Å². The Bertz CT molecular complexity index is 639. The fourth-order valence-electron chi connectivity index (χ4n) is 2.33. The molecule has 1 aromatic heterocycles. The Morgan fingerprint density at radius 1 is 1.04 bits per heavy atom. The van der Waals surface area contributed by atoms with Gasteiger partial charge in [0.15, 0.2) is 0 Å². The maximum absolute atomic E-state index is 11.9. The van der Waals surface area contributed by atoms with E-state index in [4.69, 9.17) is 4.42 Å². The summed E-state index contributed by atoms with van der Waals surface area (Å²) in [6.07, 6.45) is 2.27. The molecule has 2 aromatic rings. The van der Waals surface area contributed by atoms with Gasteiger partial charge in [0, 0.05) is 13.1 Å². The maximum Gasteiger partial charge on any atom is 0.309 e. The summed E-state index contributed by atoms with van der Waals surface area (Å²) < 4.78 is 5.37. The number of hydrogen-bond donors (Lipinski definition) is 2. The maximum atomic E-state index is 11.9. The molecule has 6 nitrogen and oxygen atoms in total. The summed E-state index contributed by atoms with van der Waals surface area (Å²) in [6.45, 7) is 0.719. The Hall–Kier alpha value is -2.60. The molecule has 0 aliphatic rings. The number of nitrogens with zero attached hydrogens (tertiary/aromatic N) is 1. The summed E-state index contributed by atoms with van der Waals surface area (Å²) in [5.74, 6) is -0.519. The molecule has 1 unspecified atom stereocenters. The molecule has 2 N–H and O–H groups in total. The third-order valence-electron chi connectivity index (χ3n) is 3.70. The third-order valence-corrected chi connectivity index (χ3v) is 3.70. The molecule has 2 rings (SSSR count). The van der Waals surface area contributed by atoms with Crippen LogP contribution in [0.3, 0.4) is 0 Å². The highest BCUT2D eigenvalue weighted by Crippen LogP contribution is 2.17. The highest BCUT2D eigenvalue weighted by molar-refractivity contribution is 6.35. The van der Waals surface area contributed by atoms with Gasteiger partial charge in [-0.2, -0.15) is 0 Å². The lowest BCUT2D eigenvalue weighted by molar-refractivity contribution is -0.139. The van der Waals surface area contributed by atoms with Gasteiger partial charge in [0.1, 0.15) is 5.76 Å². The summed E-state index contributed by atoms with van der Waals surface area (Å²) in [5, 5.41) is 5.28. The van der Waals surface area contributed by atoms with Crippen LogP contribution in [0.2, 0.25) is 0 Å². The SMILES string of the molecule is CN(C)C(CNC(=O)C(=O)NCCc1ccccc1)c1ccco1. The third kappa shape index (κ3) is 5.24. The van der Waals surface area contributed by atoms with E-state index in [1.807, 2.05) is 55.4 Å². The topological polar surface area (TPSA) is 74.6 Å². The molecule has 128 valence electrons. The Kier molecular flexibility index (Phi) is 6.57. The summed E-state index contributed by atoms with van der Waals surface area (Å²) in [4.78, 5) is 25.7. The highest BCUT2D eigenvalue weighted by atomic mass is 16.3. The molecule has 0 aliphatic carbocycles. The average molecular weight is 329 g/mol. The van der Waals surface area contributed by atoms with E-state index in [9.17, 15) is 9.59 Å². The first-order chi connectivity index (χ1) is 11.6. The molecule has 1 atom stereocenters. The standard InChI is InChI=1S/C18H23N3O3/c1-21(2)15(16-9-6-12-24-16)13-20-18(23)17(22)19-11-10-14-7-4-3-5-8-14/h3-9,12,15H,10-11,13H2,1-2H3,(H,19,22)(H,20,23). The van der Waals surface area contributed by atoms with Gasteiger partial charge >= 0.3 is 11.8 Å². The average Bonchev–Trinajstić information content (AvgIpc) is 3.09. The Morgan fingerprint density at radius 2 is 1.75 bits per heavy atom. The van der Waals surface area contributed by atoms with Crippen LogP contribution in [0, 0.1) is 0 Å². The number of nitrogens with one attached hydrogen (secondary N) is 2. The van der Waals surface area contributed by atoms with Crippen LogP contribution >= 0.6 is 0 Å². The lowest BCUT2D eigenvalue weighted by Gasteiger charge is -2.22. The van der Waals surface area contributed by atoms with E-state index in [0.717, 1.165) is 11.3 Å². The molecule has 0 saturated carbocycles. The van der Waals surface area contributed by atoms with Crippen molar-refractivity contribution in [2.24, 2.45) is 0 Å². The van der Waals surface area contributed by atoms with Crippen LogP contribution in [0.25, 0.3) is 0 Å². The van der Waals surface area contributed by atoms with Crippen LogP contribution in [-0.2, 0) is 16.0 Å². The van der Waals surface area contributed by atoms with Crippen molar-refractivity contribution < 1.29 is 14.0 Å². The van der Waals surface area contributed by atoms with E-state index in [0.29, 0.717) is 19.5 Å². The van der Waals surface area contributed by atoms with Crippen LogP contribution in [0.5, 0.6) is 0 Å². The second-order valence-electron chi connectivity index (χ2n) is 5.70. The van der Waals surface area contributed by atoms with Crippen LogP contribution in [-0.4, -0.2) is 43.9 Å². The number of furan rings is 1. The Balaban J connectivity index is 1.75. The van der Waals surface area contributed by atoms with Gasteiger partial charge in [-0.3, -0.25) is 14.5 Å². The number of likely N-dealkylation sites (N-methyl/N-ethyl adjacent to an activating group) is 1. The number of hydrogen-bond acceptors (Lipinski definition) is 4. The first-order valence-electron chi connectivity index (χ1n) is 7.87. The minimum absolute atomic E-state index is 0.124. The Morgan fingerprint density at radius 3 is 2.38 bits per heavy atom. The molecule has 0 saturated heterocycles. The zero-order chi connectivity index (χ0) is 17.4. The van der Waals surface area contributed by atoms with Gasteiger partial charge in [0.2, 0.25) is 0 Å². The minimum atomic E-state index is -0.638. The summed E-state index contributed by atoms with van der Waals surface area (Å²) in [6, 6.07) is 13.3. The van der Waals surface area contributed by atoms with E-state index < -0.39 is 11.8 Å². The van der Waals surface area contributed by atoms with Gasteiger partial charge in [0.05, 0.1) is 12.3 Å². The van der Waals surface area contributed by atoms with E-state index in [1.165, 1.54) is 0 Å². The second kappa shape index (κ2) is 8.88. The van der Waals surface area contributed by atoms with Gasteiger partial charge in [0.25, 0.3) is 0 Å². The van der Waals surface area contributed by atoms with Gasteiger partial charge in [-0.1, -0.05) is 30.3 Å². The van der Waals surface area contributed by atoms with Crippen molar-refractivity contribution in [1.82, 2.24) is 15.5 Å². The zero-order valence-electron chi connectivity index (χ0n) is 14.0. The van der Waals surface area contributed by atoms with Crippen molar-refractivity contribution in [3.05, 3.63) is 60.1 Å². The molecule has 1 heterocycles. The molecular weight excluding hydrogens is 306 g/mol. The number of carbonyl (C=O) groups is 2. The van der Waals surface area contributed by atoms with E-state index in [1.54, 1.807) is 12.3 Å². The highest BCUT2D eigenvalue weighted by Gasteiger charge is 2.20. The molecule has 1 aromatic carbocycles. The Labute approximate surface area is 141 Å². The predicted octanol–water partition coefficient (Wildman–Crippen LogP) is 1.36. The van der Waals surface area contributed by atoms with Crippen LogP contribution in [0.4, 0.5) is 0 Å². The molecule has 0 fully saturated rings. The predicted molar refractivity (Wildman–Crippen MR) is 91.3 cm³/mol. The van der Waals surface area contributed by atoms with Crippen LogP contribution in [0.1, 0.15) is 17.4 Å². The van der Waals surface area contributed by atoms with Crippen molar-refractivity contribution in [1.29, 1.82) is 0 Å². The van der Waals surface area contributed by atoms with E-state index >= 15 is 0 Å². The van der Waals surface area contributed by atoms with E-state index in [-0.39, 0.29) is 6.04 Å². The van der Waals surface area contributed by atoms with Crippen LogP contribution in [0.15, 0.2) is 53.1 Å². The summed E-state index contributed by atoms with van der Waals surface area (Å²) >= 11 is 0. The van der Waals surface area contributed by atoms with Crippen molar-refractivity contribution in [2.75, 3.05) is 27.2 Å². The lowest BCUT2D eigenvalue weighted by atomic mass is 10.1. The van der Waals surface area contributed by atoms with Crippen LogP contribution < -0.4 is 10.6 Å². The molecule has 6 heteroatoms. The second-order valence-corrected chi connectivity index (χ2v) is 5.70. The first-order valence-corrected chi connectivity index (χ1v) is 7.87. The molecule has 24 heavy (non-hydrogen) atoms. The number of amides is 2. The molecular formula is C18H23N3O3. The number of rotatable bonds is 7. The lowest BCUT2D eigenvalue weighted by Crippen LogP contribution is -2.43. The number of benzene rings is 1. The van der Waals surface area contributed by atoms with Crippen molar-refractivity contribution in [3.8, 4) is 0 Å². The molecule has 0 spiro atoms. The fourth-order valence-corrected chi connectivity index (χ4v) is 2.33. The van der Waals surface area contributed by atoms with Gasteiger partial charge in [-0.05, 0) is 38.2 Å². The molecule has 0 bridgehead atoms. The van der Waals surface area contributed by atoms with Crippen molar-refractivity contribution in [2.45, 2.75) is 12.5 Å². The molecule has 0 radical (unpaired) electrons. The summed E-state index contributed by atoms with van der Waals surface area (Å²) in [7, 11) is 3.78. The monoisotopic (exact) mass is 329 g/mol. The van der Waals surface area contributed by atoms with Crippen molar-refractivity contribution >= 4 is 11.8 Å². The van der Waals surface area contributed by atoms with E-state index in [2.05, 4.69) is 10.6 Å². The minimum Gasteiger partial charge on any atom is -0.468 e. The summed E-state index contributed by atoms with van der Waals surface area (Å²) in [5.41, 5.74) is 1.11. The molecule has 2 amide bonds. The van der Waals surface area contributed by atoms with Gasteiger partial charge in [-0.25, -0.2) is 0 Å². The first kappa shape index (κ1) is 17.7. The fraction of sp³-hybridized carbons (Fsp3) is 0.333. The number of carbonyl (C=O) groups excluding carboxylic acids is 2. The largest absolute Gasteiger partial charge is 0.468 e. The normalized spacial score (nSPS) is 12.0. The van der Waals surface area contributed by atoms with Gasteiger partial charge in [-0.15, -0.1) is 0 Å². The zero-order valence-corrected chi connectivity index (χ0v) is 14.0. The molecule has 0 aliphatic heterocycles.